The second kappa shape index (κ2) is 4.06. The summed E-state index contributed by atoms with van der Waals surface area (Å²) >= 11 is 0. The highest BCUT2D eigenvalue weighted by Gasteiger charge is 2.04. The van der Waals surface area contributed by atoms with Crippen LogP contribution in [-0.2, 0) is 6.42 Å². The molecule has 0 aromatic carbocycles. The third-order valence-electron chi connectivity index (χ3n) is 3.00. The van der Waals surface area contributed by atoms with E-state index in [0.717, 1.165) is 6.42 Å². The summed E-state index contributed by atoms with van der Waals surface area (Å²) in [5, 5.41) is 0. The second-order valence-corrected chi connectivity index (χ2v) is 4.45. The van der Waals surface area contributed by atoms with E-state index in [2.05, 4.69) is 57.2 Å². The summed E-state index contributed by atoms with van der Waals surface area (Å²) in [7, 11) is 0. The first-order valence-corrected chi connectivity index (χ1v) is 5.73. The molecule has 0 heterocycles. The van der Waals surface area contributed by atoms with Crippen LogP contribution in [0.5, 0.6) is 0 Å². The van der Waals surface area contributed by atoms with Gasteiger partial charge in [-0.3, -0.25) is 0 Å². The lowest BCUT2D eigenvalue weighted by Gasteiger charge is -1.99. The molecule has 0 aromatic heterocycles. The highest BCUT2D eigenvalue weighted by atomic mass is 14.1. The van der Waals surface area contributed by atoms with Crippen molar-refractivity contribution in [3.8, 4) is 11.1 Å². The van der Waals surface area contributed by atoms with Crippen LogP contribution in [-0.4, -0.2) is 0 Å². The van der Waals surface area contributed by atoms with Crippen molar-refractivity contribution in [1.82, 2.24) is 0 Å². The molecule has 78 valence electrons. The lowest BCUT2D eigenvalue weighted by Crippen LogP contribution is -1.81. The number of hydrogen-bond donors (Lipinski definition) is 0. The Morgan fingerprint density at radius 2 is 1.47 bits per heavy atom. The maximum atomic E-state index is 2.29. The number of hydrogen-bond acceptors (Lipinski definition) is 0. The standard InChI is InChI=1S/C15H18/c1-4-12-9-14-7-5-13(11(2)3)6-8-15(14)10-12/h5-11H,4H2,1-3H3. The van der Waals surface area contributed by atoms with Crippen LogP contribution in [0.2, 0.25) is 0 Å². The Morgan fingerprint density at radius 3 is 1.87 bits per heavy atom. The van der Waals surface area contributed by atoms with Crippen LogP contribution in [0.15, 0.2) is 36.4 Å². The van der Waals surface area contributed by atoms with Gasteiger partial charge in [0, 0.05) is 0 Å². The smallest absolute Gasteiger partial charge is 0.0181 e. The Bertz CT molecular complexity index is 393. The summed E-state index contributed by atoms with van der Waals surface area (Å²) in [4.78, 5) is 0. The van der Waals surface area contributed by atoms with Gasteiger partial charge in [0.1, 0.15) is 0 Å². The third-order valence-corrected chi connectivity index (χ3v) is 3.00. The van der Waals surface area contributed by atoms with Gasteiger partial charge in [-0.25, -0.2) is 0 Å². The zero-order valence-corrected chi connectivity index (χ0v) is 9.75. The van der Waals surface area contributed by atoms with Crippen LogP contribution in [0.3, 0.4) is 0 Å². The molecule has 0 fully saturated rings. The molecule has 0 nitrogen and oxygen atoms in total. The largest absolute Gasteiger partial charge is 0.0613 e. The lowest BCUT2D eigenvalue weighted by molar-refractivity contribution is 0.868. The van der Waals surface area contributed by atoms with E-state index in [4.69, 9.17) is 0 Å². The van der Waals surface area contributed by atoms with Crippen LogP contribution in [0.4, 0.5) is 0 Å². The van der Waals surface area contributed by atoms with Gasteiger partial charge in [0.2, 0.25) is 0 Å². The summed E-state index contributed by atoms with van der Waals surface area (Å²) in [6, 6.07) is 13.5. The minimum absolute atomic E-state index is 0.604. The highest BCUT2D eigenvalue weighted by molar-refractivity contribution is 5.68. The van der Waals surface area contributed by atoms with Gasteiger partial charge in [-0.1, -0.05) is 57.2 Å². The van der Waals surface area contributed by atoms with Crippen molar-refractivity contribution < 1.29 is 0 Å². The average molecular weight is 198 g/mol. The molecule has 0 saturated heterocycles. The van der Waals surface area contributed by atoms with Crippen molar-refractivity contribution >= 4 is 0 Å². The molecule has 0 spiro atoms. The molecule has 0 radical (unpaired) electrons. The van der Waals surface area contributed by atoms with Gasteiger partial charge in [0.05, 0.1) is 0 Å². The first-order chi connectivity index (χ1) is 7.20. The first-order valence-electron chi connectivity index (χ1n) is 5.73. The summed E-state index contributed by atoms with van der Waals surface area (Å²) in [6.45, 7) is 6.67. The van der Waals surface area contributed by atoms with Crippen molar-refractivity contribution in [2.24, 2.45) is 0 Å². The SMILES string of the molecule is CCc1cc2ccc(C(C)C)ccc-2c1. The van der Waals surface area contributed by atoms with Crippen LogP contribution < -0.4 is 0 Å². The first kappa shape index (κ1) is 10.2. The molecule has 0 aliphatic heterocycles. The van der Waals surface area contributed by atoms with Crippen LogP contribution in [0.25, 0.3) is 11.1 Å². The van der Waals surface area contributed by atoms with Crippen LogP contribution in [0, 0.1) is 0 Å². The van der Waals surface area contributed by atoms with E-state index in [9.17, 15) is 0 Å². The van der Waals surface area contributed by atoms with Crippen molar-refractivity contribution in [2.45, 2.75) is 33.1 Å². The monoisotopic (exact) mass is 198 g/mol. The Kier molecular flexibility index (Phi) is 2.77. The quantitative estimate of drug-likeness (QED) is 0.667. The topological polar surface area (TPSA) is 0 Å². The summed E-state index contributed by atoms with van der Waals surface area (Å²) < 4.78 is 0. The molecule has 2 aliphatic carbocycles. The van der Waals surface area contributed by atoms with Gasteiger partial charge in [0.15, 0.2) is 0 Å². The molecule has 0 bridgehead atoms. The molecular weight excluding hydrogens is 180 g/mol. The van der Waals surface area contributed by atoms with Crippen molar-refractivity contribution in [3.63, 3.8) is 0 Å². The fraction of sp³-hybridized carbons (Fsp3) is 0.333. The van der Waals surface area contributed by atoms with Gasteiger partial charge < -0.3 is 0 Å². The predicted molar refractivity (Wildman–Crippen MR) is 66.5 cm³/mol. The van der Waals surface area contributed by atoms with Crippen molar-refractivity contribution in [2.75, 3.05) is 0 Å². The molecule has 0 N–H and O–H groups in total. The summed E-state index contributed by atoms with van der Waals surface area (Å²) in [6.07, 6.45) is 1.12. The molecule has 0 saturated carbocycles. The van der Waals surface area contributed by atoms with E-state index in [0.29, 0.717) is 5.92 Å². The molecule has 0 amide bonds. The maximum Gasteiger partial charge on any atom is -0.0181 e. The lowest BCUT2D eigenvalue weighted by atomic mass is 10.1. The highest BCUT2D eigenvalue weighted by Crippen LogP contribution is 2.27. The summed E-state index contributed by atoms with van der Waals surface area (Å²) in [5.41, 5.74) is 5.56. The van der Waals surface area contributed by atoms with E-state index in [1.54, 1.807) is 0 Å². The van der Waals surface area contributed by atoms with Gasteiger partial charge in [0.25, 0.3) is 0 Å². The fourth-order valence-corrected chi connectivity index (χ4v) is 1.91. The molecule has 0 atom stereocenters. The molecule has 2 aliphatic rings. The Labute approximate surface area is 92.3 Å². The number of fused-ring (bicyclic) bond motifs is 1. The fourth-order valence-electron chi connectivity index (χ4n) is 1.91. The van der Waals surface area contributed by atoms with Gasteiger partial charge >= 0.3 is 0 Å². The Balaban J connectivity index is 2.50. The minimum atomic E-state index is 0.604. The molecular formula is C15H18. The Morgan fingerprint density at radius 1 is 0.933 bits per heavy atom. The number of aryl methyl sites for hydroxylation is 1. The van der Waals surface area contributed by atoms with Crippen LogP contribution >= 0.6 is 0 Å². The Hall–Kier alpha value is -1.30. The minimum Gasteiger partial charge on any atom is -0.0613 e. The zero-order chi connectivity index (χ0) is 10.8. The molecule has 0 aromatic rings. The second-order valence-electron chi connectivity index (χ2n) is 4.45. The van der Waals surface area contributed by atoms with Gasteiger partial charge in [-0.05, 0) is 34.6 Å². The third kappa shape index (κ3) is 2.04. The zero-order valence-electron chi connectivity index (χ0n) is 9.75. The maximum absolute atomic E-state index is 2.29. The van der Waals surface area contributed by atoms with E-state index in [1.165, 1.54) is 22.3 Å². The summed E-state index contributed by atoms with van der Waals surface area (Å²) in [5.74, 6) is 0.604. The predicted octanol–water partition coefficient (Wildman–Crippen LogP) is 4.48. The van der Waals surface area contributed by atoms with Gasteiger partial charge in [-0.15, -0.1) is 0 Å². The molecule has 15 heavy (non-hydrogen) atoms. The molecule has 2 rings (SSSR count). The van der Waals surface area contributed by atoms with Crippen molar-refractivity contribution in [3.05, 3.63) is 47.5 Å². The van der Waals surface area contributed by atoms with Gasteiger partial charge in [-0.2, -0.15) is 0 Å². The van der Waals surface area contributed by atoms with E-state index in [-0.39, 0.29) is 0 Å². The molecule has 0 unspecified atom stereocenters. The molecule has 0 heteroatoms. The van der Waals surface area contributed by atoms with E-state index in [1.807, 2.05) is 0 Å². The average Bonchev–Trinajstić information content (AvgIpc) is 2.51. The normalized spacial score (nSPS) is 11.2. The van der Waals surface area contributed by atoms with E-state index >= 15 is 0 Å². The van der Waals surface area contributed by atoms with Crippen molar-refractivity contribution in [1.29, 1.82) is 0 Å². The van der Waals surface area contributed by atoms with E-state index < -0.39 is 0 Å². The van der Waals surface area contributed by atoms with Crippen LogP contribution in [0.1, 0.15) is 37.8 Å². The number of rotatable bonds is 2.